The topological polar surface area (TPSA) is 55.1 Å². The van der Waals surface area contributed by atoms with Crippen molar-refractivity contribution in [1.29, 1.82) is 0 Å². The Bertz CT molecular complexity index is 929. The predicted molar refractivity (Wildman–Crippen MR) is 119 cm³/mol. The van der Waals surface area contributed by atoms with E-state index < -0.39 is 0 Å². The summed E-state index contributed by atoms with van der Waals surface area (Å²) in [6, 6.07) is 13.4. The number of aryl methyl sites for hydroxylation is 1. The van der Waals surface area contributed by atoms with Crippen LogP contribution in [0, 0.1) is 6.92 Å². The number of furan rings is 1. The number of carbonyl (C=O) groups excluding carboxylic acids is 1. The van der Waals surface area contributed by atoms with E-state index in [1.54, 1.807) is 0 Å². The summed E-state index contributed by atoms with van der Waals surface area (Å²) in [4.78, 5) is 17.6. The first-order valence-electron chi connectivity index (χ1n) is 10.9. The van der Waals surface area contributed by atoms with E-state index in [0.717, 1.165) is 23.1 Å². The number of carbonyl (C=O) groups is 1. The van der Waals surface area contributed by atoms with Gasteiger partial charge in [0.1, 0.15) is 11.5 Å². The number of rotatable bonds is 11. The molecule has 2 aromatic heterocycles. The van der Waals surface area contributed by atoms with Crippen LogP contribution in [0.15, 0.2) is 46.9 Å². The quantitative estimate of drug-likeness (QED) is 0.371. The number of nitrogens with zero attached hydrogens (tertiary/aromatic N) is 1. The number of unbranched alkanes of at least 4 members (excludes halogenated alkanes) is 7. The van der Waals surface area contributed by atoms with Crippen molar-refractivity contribution in [2.24, 2.45) is 0 Å². The molecule has 1 aromatic carbocycles. The van der Waals surface area contributed by atoms with Crippen molar-refractivity contribution in [3.8, 4) is 11.5 Å². The average molecular weight is 393 g/mol. The molecule has 3 aromatic rings. The molecule has 0 saturated heterocycles. The molecule has 0 aliphatic heterocycles. The van der Waals surface area contributed by atoms with Gasteiger partial charge in [-0.05, 0) is 37.6 Å². The molecule has 3 rings (SSSR count). The van der Waals surface area contributed by atoms with Crippen molar-refractivity contribution in [3.05, 3.63) is 53.8 Å². The molecule has 4 heteroatoms. The van der Waals surface area contributed by atoms with E-state index in [1.807, 2.05) is 49.4 Å². The number of aromatic nitrogens is 1. The SMILES string of the molecule is CCCCCCCCCCNC(=O)c1cc(-c2ccc(C)o2)nc2ccccc12. The maximum Gasteiger partial charge on any atom is 0.252 e. The molecule has 29 heavy (non-hydrogen) atoms. The van der Waals surface area contributed by atoms with E-state index in [4.69, 9.17) is 4.42 Å². The van der Waals surface area contributed by atoms with Crippen LogP contribution in [0.3, 0.4) is 0 Å². The smallest absolute Gasteiger partial charge is 0.252 e. The standard InChI is InChI=1S/C25H32N2O2/c1-3-4-5-6-7-8-9-12-17-26-25(28)21-18-23(24-16-15-19(2)29-24)27-22-14-11-10-13-20(21)22/h10-11,13-16,18H,3-9,12,17H2,1-2H3,(H,26,28). The number of pyridine rings is 1. The van der Waals surface area contributed by atoms with Gasteiger partial charge in [0.25, 0.3) is 5.91 Å². The molecular formula is C25H32N2O2. The van der Waals surface area contributed by atoms with E-state index >= 15 is 0 Å². The number of benzene rings is 1. The molecule has 0 aliphatic carbocycles. The Morgan fingerprint density at radius 1 is 0.966 bits per heavy atom. The van der Waals surface area contributed by atoms with Crippen LogP contribution in [0.4, 0.5) is 0 Å². The maximum absolute atomic E-state index is 12.9. The predicted octanol–water partition coefficient (Wildman–Crippen LogP) is 6.67. The number of hydrogen-bond donors (Lipinski definition) is 1. The summed E-state index contributed by atoms with van der Waals surface area (Å²) < 4.78 is 5.72. The number of amides is 1. The number of para-hydroxylation sites is 1. The van der Waals surface area contributed by atoms with Gasteiger partial charge in [0.2, 0.25) is 0 Å². The second-order valence-corrected chi connectivity index (χ2v) is 7.71. The summed E-state index contributed by atoms with van der Waals surface area (Å²) in [6.45, 7) is 4.86. The van der Waals surface area contributed by atoms with Crippen LogP contribution < -0.4 is 5.32 Å². The van der Waals surface area contributed by atoms with Crippen LogP contribution in [0.1, 0.15) is 74.4 Å². The Hall–Kier alpha value is -2.62. The van der Waals surface area contributed by atoms with Gasteiger partial charge in [0.05, 0.1) is 11.1 Å². The molecule has 0 aliphatic rings. The van der Waals surface area contributed by atoms with Crippen LogP contribution in [0.25, 0.3) is 22.4 Å². The fourth-order valence-corrected chi connectivity index (χ4v) is 3.62. The lowest BCUT2D eigenvalue weighted by Gasteiger charge is -2.10. The molecule has 1 amide bonds. The molecule has 154 valence electrons. The Morgan fingerprint density at radius 2 is 1.69 bits per heavy atom. The third-order valence-electron chi connectivity index (χ3n) is 5.27. The van der Waals surface area contributed by atoms with Crippen LogP contribution in [0.5, 0.6) is 0 Å². The molecule has 4 nitrogen and oxygen atoms in total. The number of nitrogens with one attached hydrogen (secondary N) is 1. The van der Waals surface area contributed by atoms with Crippen LogP contribution in [-0.2, 0) is 0 Å². The molecule has 0 fully saturated rings. The van der Waals surface area contributed by atoms with Gasteiger partial charge in [-0.3, -0.25) is 4.79 Å². The lowest BCUT2D eigenvalue weighted by molar-refractivity contribution is 0.0954. The Kier molecular flexibility index (Phi) is 7.85. The average Bonchev–Trinajstić information content (AvgIpc) is 3.18. The first-order valence-corrected chi connectivity index (χ1v) is 10.9. The minimum absolute atomic E-state index is 0.0453. The van der Waals surface area contributed by atoms with Gasteiger partial charge in [-0.2, -0.15) is 0 Å². The van der Waals surface area contributed by atoms with Gasteiger partial charge in [-0.1, -0.05) is 70.1 Å². The fraction of sp³-hybridized carbons (Fsp3) is 0.440. The van der Waals surface area contributed by atoms with E-state index in [2.05, 4.69) is 17.2 Å². The number of hydrogen-bond acceptors (Lipinski definition) is 3. The Labute approximate surface area is 173 Å². The molecule has 0 bridgehead atoms. The van der Waals surface area contributed by atoms with Crippen molar-refractivity contribution in [2.75, 3.05) is 6.54 Å². The van der Waals surface area contributed by atoms with Gasteiger partial charge in [-0.15, -0.1) is 0 Å². The lowest BCUT2D eigenvalue weighted by Crippen LogP contribution is -2.24. The second kappa shape index (κ2) is 10.8. The van der Waals surface area contributed by atoms with Gasteiger partial charge < -0.3 is 9.73 Å². The molecule has 2 heterocycles. The molecule has 0 saturated carbocycles. The Morgan fingerprint density at radius 3 is 2.41 bits per heavy atom. The van der Waals surface area contributed by atoms with Crippen LogP contribution in [-0.4, -0.2) is 17.4 Å². The molecule has 0 radical (unpaired) electrons. The molecule has 0 unspecified atom stereocenters. The van der Waals surface area contributed by atoms with E-state index in [-0.39, 0.29) is 5.91 Å². The largest absolute Gasteiger partial charge is 0.460 e. The van der Waals surface area contributed by atoms with Crippen LogP contribution >= 0.6 is 0 Å². The van der Waals surface area contributed by atoms with Crippen molar-refractivity contribution >= 4 is 16.8 Å². The third-order valence-corrected chi connectivity index (χ3v) is 5.27. The van der Waals surface area contributed by atoms with Crippen LogP contribution in [0.2, 0.25) is 0 Å². The summed E-state index contributed by atoms with van der Waals surface area (Å²) in [5.74, 6) is 1.47. The Balaban J connectivity index is 1.60. The molecule has 0 atom stereocenters. The highest BCUT2D eigenvalue weighted by molar-refractivity contribution is 6.07. The normalized spacial score (nSPS) is 11.1. The zero-order valence-corrected chi connectivity index (χ0v) is 17.7. The summed E-state index contributed by atoms with van der Waals surface area (Å²) in [5, 5.41) is 3.96. The van der Waals surface area contributed by atoms with E-state index in [0.29, 0.717) is 23.6 Å². The van der Waals surface area contributed by atoms with Crippen molar-refractivity contribution < 1.29 is 9.21 Å². The van der Waals surface area contributed by atoms with Crippen molar-refractivity contribution in [1.82, 2.24) is 10.3 Å². The zero-order valence-electron chi connectivity index (χ0n) is 17.7. The van der Waals surface area contributed by atoms with Gasteiger partial charge in [0.15, 0.2) is 5.76 Å². The highest BCUT2D eigenvalue weighted by atomic mass is 16.3. The summed E-state index contributed by atoms with van der Waals surface area (Å²) in [5.41, 5.74) is 2.14. The van der Waals surface area contributed by atoms with Gasteiger partial charge >= 0.3 is 0 Å². The molecular weight excluding hydrogens is 360 g/mol. The number of fused-ring (bicyclic) bond motifs is 1. The maximum atomic E-state index is 12.9. The highest BCUT2D eigenvalue weighted by Gasteiger charge is 2.15. The second-order valence-electron chi connectivity index (χ2n) is 7.71. The molecule has 1 N–H and O–H groups in total. The fourth-order valence-electron chi connectivity index (χ4n) is 3.62. The minimum Gasteiger partial charge on any atom is -0.460 e. The first kappa shape index (κ1) is 21.1. The monoisotopic (exact) mass is 392 g/mol. The zero-order chi connectivity index (χ0) is 20.5. The third kappa shape index (κ3) is 5.93. The van der Waals surface area contributed by atoms with E-state index in [9.17, 15) is 4.79 Å². The summed E-state index contributed by atoms with van der Waals surface area (Å²) in [7, 11) is 0. The van der Waals surface area contributed by atoms with Gasteiger partial charge in [-0.25, -0.2) is 4.98 Å². The highest BCUT2D eigenvalue weighted by Crippen LogP contribution is 2.26. The van der Waals surface area contributed by atoms with E-state index in [1.165, 1.54) is 44.9 Å². The van der Waals surface area contributed by atoms with Crippen molar-refractivity contribution in [2.45, 2.75) is 65.2 Å². The van der Waals surface area contributed by atoms with Crippen molar-refractivity contribution in [3.63, 3.8) is 0 Å². The summed E-state index contributed by atoms with van der Waals surface area (Å²) >= 11 is 0. The molecule has 0 spiro atoms. The van der Waals surface area contributed by atoms with Gasteiger partial charge in [0, 0.05) is 11.9 Å². The minimum atomic E-state index is -0.0453. The first-order chi connectivity index (χ1) is 14.2. The summed E-state index contributed by atoms with van der Waals surface area (Å²) in [6.07, 6.45) is 10.0. The lowest BCUT2D eigenvalue weighted by atomic mass is 10.1.